The van der Waals surface area contributed by atoms with Gasteiger partial charge in [-0.15, -0.1) is 0 Å². The van der Waals surface area contributed by atoms with Crippen LogP contribution in [0.25, 0.3) is 0 Å². The highest BCUT2D eigenvalue weighted by Crippen LogP contribution is 2.06. The summed E-state index contributed by atoms with van der Waals surface area (Å²) in [6, 6.07) is 1.97. The third kappa shape index (κ3) is 5.72. The fourth-order valence-corrected chi connectivity index (χ4v) is 1.62. The summed E-state index contributed by atoms with van der Waals surface area (Å²) >= 11 is 0. The van der Waals surface area contributed by atoms with Crippen LogP contribution in [0.1, 0.15) is 39.5 Å². The molecular weight excluding hydrogens is 204 g/mol. The molecule has 0 aliphatic carbocycles. The minimum Gasteiger partial charge on any atom is -0.465 e. The second kappa shape index (κ2) is 9.17. The maximum Gasteiger partial charge on any atom is 0.323 e. The van der Waals surface area contributed by atoms with Crippen molar-refractivity contribution in [2.24, 2.45) is 0 Å². The van der Waals surface area contributed by atoms with Gasteiger partial charge in [0, 0.05) is 6.42 Å². The van der Waals surface area contributed by atoms with Crippen LogP contribution in [0.2, 0.25) is 0 Å². The molecule has 0 fully saturated rings. The monoisotopic (exact) mass is 226 g/mol. The molecule has 1 atom stereocenters. The zero-order valence-electron chi connectivity index (χ0n) is 10.5. The molecule has 0 radical (unpaired) electrons. The molecule has 0 bridgehead atoms. The van der Waals surface area contributed by atoms with E-state index in [0.29, 0.717) is 13.0 Å². The number of likely N-dealkylation sites (N-methyl/N-ethyl adjacent to an activating group) is 1. The number of carbonyl (C=O) groups excluding carboxylic acids is 1. The summed E-state index contributed by atoms with van der Waals surface area (Å²) in [4.78, 5) is 13.6. The number of esters is 1. The highest BCUT2D eigenvalue weighted by atomic mass is 16.5. The van der Waals surface area contributed by atoms with E-state index in [2.05, 4.69) is 6.07 Å². The van der Waals surface area contributed by atoms with Crippen LogP contribution in [0.4, 0.5) is 0 Å². The number of nitriles is 1. The smallest absolute Gasteiger partial charge is 0.323 e. The molecule has 0 saturated carbocycles. The molecule has 4 nitrogen and oxygen atoms in total. The van der Waals surface area contributed by atoms with Crippen molar-refractivity contribution in [1.29, 1.82) is 5.26 Å². The number of ether oxygens (including phenoxy) is 1. The summed E-state index contributed by atoms with van der Waals surface area (Å²) < 4.78 is 5.01. The lowest BCUT2D eigenvalue weighted by molar-refractivity contribution is -0.149. The van der Waals surface area contributed by atoms with Crippen LogP contribution in [0, 0.1) is 11.3 Å². The molecule has 0 saturated heterocycles. The first-order valence-corrected chi connectivity index (χ1v) is 5.91. The van der Waals surface area contributed by atoms with Crippen molar-refractivity contribution in [3.63, 3.8) is 0 Å². The molecular formula is C12H22N2O2. The first-order chi connectivity index (χ1) is 7.67. The van der Waals surface area contributed by atoms with Gasteiger partial charge in [0.1, 0.15) is 6.04 Å². The fourth-order valence-electron chi connectivity index (χ4n) is 1.62. The van der Waals surface area contributed by atoms with Crippen LogP contribution in [-0.4, -0.2) is 37.1 Å². The van der Waals surface area contributed by atoms with E-state index in [4.69, 9.17) is 10.00 Å². The predicted molar refractivity (Wildman–Crippen MR) is 62.8 cm³/mol. The number of hydrogen-bond acceptors (Lipinski definition) is 4. The Labute approximate surface area is 98.2 Å². The van der Waals surface area contributed by atoms with E-state index < -0.39 is 0 Å². The number of carbonyl (C=O) groups is 1. The lowest BCUT2D eigenvalue weighted by atomic mass is 10.1. The summed E-state index contributed by atoms with van der Waals surface area (Å²) in [6.07, 6.45) is 3.18. The minimum atomic E-state index is -0.151. The molecule has 0 aromatic heterocycles. The van der Waals surface area contributed by atoms with Gasteiger partial charge >= 0.3 is 5.97 Å². The Morgan fingerprint density at radius 3 is 2.62 bits per heavy atom. The lowest BCUT2D eigenvalue weighted by Gasteiger charge is -2.24. The zero-order valence-corrected chi connectivity index (χ0v) is 10.5. The molecule has 0 aliphatic heterocycles. The highest BCUT2D eigenvalue weighted by molar-refractivity contribution is 5.75. The topological polar surface area (TPSA) is 53.3 Å². The van der Waals surface area contributed by atoms with Gasteiger partial charge in [0.2, 0.25) is 0 Å². The third-order valence-corrected chi connectivity index (χ3v) is 2.53. The van der Waals surface area contributed by atoms with Crippen LogP contribution < -0.4 is 0 Å². The lowest BCUT2D eigenvalue weighted by Crippen LogP contribution is -2.39. The maximum absolute atomic E-state index is 11.6. The molecule has 0 heterocycles. The van der Waals surface area contributed by atoms with Crippen LogP contribution in [0.3, 0.4) is 0 Å². The number of unbranched alkanes of at least 4 members (excludes halogenated alkanes) is 2. The summed E-state index contributed by atoms with van der Waals surface area (Å²) in [7, 11) is 1.93. The van der Waals surface area contributed by atoms with Gasteiger partial charge in [-0.3, -0.25) is 9.69 Å². The molecule has 16 heavy (non-hydrogen) atoms. The zero-order chi connectivity index (χ0) is 12.4. The summed E-state index contributed by atoms with van der Waals surface area (Å²) in [6.45, 7) is 5.06. The van der Waals surface area contributed by atoms with E-state index in [1.807, 2.05) is 25.8 Å². The predicted octanol–water partition coefficient (Wildman–Crippen LogP) is 1.95. The van der Waals surface area contributed by atoms with Crippen LogP contribution in [0.5, 0.6) is 0 Å². The van der Waals surface area contributed by atoms with Crippen LogP contribution >= 0.6 is 0 Å². The van der Waals surface area contributed by atoms with Crippen molar-refractivity contribution in [1.82, 2.24) is 4.90 Å². The molecule has 0 spiro atoms. The molecule has 0 amide bonds. The Balaban J connectivity index is 3.96. The summed E-state index contributed by atoms with van der Waals surface area (Å²) in [5.41, 5.74) is 0. The summed E-state index contributed by atoms with van der Waals surface area (Å²) in [5, 5.41) is 8.41. The molecule has 92 valence electrons. The molecule has 0 aliphatic rings. The normalized spacial score (nSPS) is 12.2. The van der Waals surface area contributed by atoms with Gasteiger partial charge in [-0.25, -0.2) is 0 Å². The van der Waals surface area contributed by atoms with Crippen LogP contribution in [-0.2, 0) is 9.53 Å². The Morgan fingerprint density at radius 2 is 2.12 bits per heavy atom. The van der Waals surface area contributed by atoms with E-state index in [1.54, 1.807) is 0 Å². The van der Waals surface area contributed by atoms with Crippen molar-refractivity contribution >= 4 is 5.97 Å². The average Bonchev–Trinajstić information content (AvgIpc) is 2.26. The van der Waals surface area contributed by atoms with Crippen LogP contribution in [0.15, 0.2) is 0 Å². The van der Waals surface area contributed by atoms with Crippen molar-refractivity contribution in [2.45, 2.75) is 45.6 Å². The van der Waals surface area contributed by atoms with Gasteiger partial charge in [0.05, 0.1) is 12.7 Å². The van der Waals surface area contributed by atoms with Crippen molar-refractivity contribution in [3.05, 3.63) is 0 Å². The molecule has 4 heteroatoms. The minimum absolute atomic E-state index is 0.146. The van der Waals surface area contributed by atoms with Gasteiger partial charge in [0.15, 0.2) is 0 Å². The van der Waals surface area contributed by atoms with Gasteiger partial charge in [-0.05, 0) is 39.8 Å². The standard InChI is InChI=1S/C12H22N2O2/c1-4-11(12(15)16-5-2)14(3)10-8-6-7-9-13/h11H,4-8,10H2,1-3H3. The Hall–Kier alpha value is -1.08. The Morgan fingerprint density at radius 1 is 1.44 bits per heavy atom. The Kier molecular flexibility index (Phi) is 8.55. The maximum atomic E-state index is 11.6. The van der Waals surface area contributed by atoms with Gasteiger partial charge in [0.25, 0.3) is 0 Å². The van der Waals surface area contributed by atoms with Gasteiger partial charge in [-0.1, -0.05) is 6.92 Å². The van der Waals surface area contributed by atoms with E-state index in [9.17, 15) is 4.79 Å². The van der Waals surface area contributed by atoms with E-state index in [1.165, 1.54) is 0 Å². The number of nitrogens with zero attached hydrogens (tertiary/aromatic N) is 2. The van der Waals surface area contributed by atoms with Crippen molar-refractivity contribution in [2.75, 3.05) is 20.2 Å². The van der Waals surface area contributed by atoms with Gasteiger partial charge < -0.3 is 4.74 Å². The first kappa shape index (κ1) is 14.9. The summed E-state index contributed by atoms with van der Waals surface area (Å²) in [5.74, 6) is -0.146. The second-order valence-electron chi connectivity index (χ2n) is 3.77. The average molecular weight is 226 g/mol. The molecule has 0 N–H and O–H groups in total. The van der Waals surface area contributed by atoms with Gasteiger partial charge in [-0.2, -0.15) is 5.26 Å². The number of rotatable bonds is 8. The van der Waals surface area contributed by atoms with Crippen molar-refractivity contribution in [3.8, 4) is 6.07 Å². The first-order valence-electron chi connectivity index (χ1n) is 5.91. The molecule has 0 aromatic rings. The molecule has 0 aromatic carbocycles. The quantitative estimate of drug-likeness (QED) is 0.469. The molecule has 0 rings (SSSR count). The third-order valence-electron chi connectivity index (χ3n) is 2.53. The Bertz CT molecular complexity index is 236. The van der Waals surface area contributed by atoms with E-state index in [-0.39, 0.29) is 12.0 Å². The fraction of sp³-hybridized carbons (Fsp3) is 0.833. The SMILES string of the molecule is CCOC(=O)C(CC)N(C)CCCCC#N. The van der Waals surface area contributed by atoms with E-state index in [0.717, 1.165) is 25.8 Å². The largest absolute Gasteiger partial charge is 0.465 e. The highest BCUT2D eigenvalue weighted by Gasteiger charge is 2.21. The second-order valence-corrected chi connectivity index (χ2v) is 3.77. The molecule has 1 unspecified atom stereocenters. The van der Waals surface area contributed by atoms with E-state index >= 15 is 0 Å². The number of hydrogen-bond donors (Lipinski definition) is 0. The van der Waals surface area contributed by atoms with Crippen molar-refractivity contribution < 1.29 is 9.53 Å².